The van der Waals surface area contributed by atoms with E-state index >= 15 is 0 Å². The Balaban J connectivity index is 1.88. The predicted molar refractivity (Wildman–Crippen MR) is 104 cm³/mol. The number of nitrogens with zero attached hydrogens (tertiary/aromatic N) is 2. The van der Waals surface area contributed by atoms with Gasteiger partial charge in [-0.2, -0.15) is 4.98 Å². The van der Waals surface area contributed by atoms with Crippen LogP contribution in [0, 0.1) is 13.8 Å². The van der Waals surface area contributed by atoms with Crippen molar-refractivity contribution in [2.24, 2.45) is 0 Å². The lowest BCUT2D eigenvalue weighted by Gasteiger charge is -2.12. The van der Waals surface area contributed by atoms with Crippen molar-refractivity contribution in [2.75, 3.05) is 30.9 Å². The number of hydrogen-bond acceptors (Lipinski definition) is 5. The Morgan fingerprint density at radius 1 is 1.00 bits per heavy atom. The van der Waals surface area contributed by atoms with Crippen molar-refractivity contribution in [2.45, 2.75) is 20.3 Å². The molecule has 2 aromatic carbocycles. The number of aryl methyl sites for hydroxylation is 2. The number of methoxy groups -OCH3 is 1. The predicted octanol–water partition coefficient (Wildman–Crippen LogP) is 4.44. The number of anilines is 3. The summed E-state index contributed by atoms with van der Waals surface area (Å²) in [5.74, 6) is 1.43. The van der Waals surface area contributed by atoms with Gasteiger partial charge in [0.15, 0.2) is 0 Å². The van der Waals surface area contributed by atoms with Crippen LogP contribution < -0.4 is 10.6 Å². The summed E-state index contributed by atoms with van der Waals surface area (Å²) in [7, 11) is 1.71. The molecular weight excluding hydrogens is 312 g/mol. The van der Waals surface area contributed by atoms with Crippen molar-refractivity contribution >= 4 is 28.4 Å². The fourth-order valence-electron chi connectivity index (χ4n) is 2.64. The third kappa shape index (κ3) is 4.25. The van der Waals surface area contributed by atoms with Crippen LogP contribution in [0.5, 0.6) is 0 Å². The van der Waals surface area contributed by atoms with Crippen LogP contribution in [0.2, 0.25) is 0 Å². The number of aromatic nitrogens is 2. The number of para-hydroxylation sites is 1. The van der Waals surface area contributed by atoms with Gasteiger partial charge in [0.1, 0.15) is 5.82 Å². The molecule has 2 N–H and O–H groups in total. The van der Waals surface area contributed by atoms with Gasteiger partial charge < -0.3 is 15.4 Å². The number of benzene rings is 2. The van der Waals surface area contributed by atoms with E-state index in [0.29, 0.717) is 5.95 Å². The molecule has 3 aromatic rings. The van der Waals surface area contributed by atoms with Gasteiger partial charge in [0, 0.05) is 31.3 Å². The largest absolute Gasteiger partial charge is 0.385 e. The van der Waals surface area contributed by atoms with Gasteiger partial charge >= 0.3 is 0 Å². The first-order valence-corrected chi connectivity index (χ1v) is 8.51. The van der Waals surface area contributed by atoms with E-state index in [9.17, 15) is 0 Å². The second kappa shape index (κ2) is 7.94. The molecule has 1 aromatic heterocycles. The highest BCUT2D eigenvalue weighted by Gasteiger charge is 2.08. The molecule has 0 fully saturated rings. The van der Waals surface area contributed by atoms with E-state index < -0.39 is 0 Å². The standard InChI is InChI=1S/C20H24N4O/c1-14-9-10-16(13-15(14)2)22-20-23-18-8-5-4-7-17(18)19(24-20)21-11-6-12-25-3/h4-5,7-10,13H,6,11-12H2,1-3H3,(H2,21,22,23,24). The molecule has 0 amide bonds. The molecule has 0 saturated carbocycles. The lowest BCUT2D eigenvalue weighted by Crippen LogP contribution is -2.08. The van der Waals surface area contributed by atoms with Crippen molar-refractivity contribution in [1.82, 2.24) is 9.97 Å². The van der Waals surface area contributed by atoms with Crippen molar-refractivity contribution < 1.29 is 4.74 Å². The molecule has 3 rings (SSSR count). The van der Waals surface area contributed by atoms with E-state index in [2.05, 4.69) is 46.6 Å². The number of fused-ring (bicyclic) bond motifs is 1. The first kappa shape index (κ1) is 17.2. The van der Waals surface area contributed by atoms with E-state index in [4.69, 9.17) is 4.74 Å². The molecule has 0 aliphatic rings. The second-order valence-electron chi connectivity index (χ2n) is 6.11. The second-order valence-corrected chi connectivity index (χ2v) is 6.11. The van der Waals surface area contributed by atoms with E-state index in [-0.39, 0.29) is 0 Å². The molecule has 0 spiro atoms. The van der Waals surface area contributed by atoms with Gasteiger partial charge in [-0.25, -0.2) is 4.98 Å². The maximum absolute atomic E-state index is 5.11. The summed E-state index contributed by atoms with van der Waals surface area (Å²) in [6.45, 7) is 5.74. The van der Waals surface area contributed by atoms with Crippen LogP contribution in [0.15, 0.2) is 42.5 Å². The van der Waals surface area contributed by atoms with Gasteiger partial charge in [0.25, 0.3) is 0 Å². The first-order chi connectivity index (χ1) is 12.2. The SMILES string of the molecule is COCCCNc1nc(Nc2ccc(C)c(C)c2)nc2ccccc12. The molecule has 0 aliphatic heterocycles. The summed E-state index contributed by atoms with van der Waals surface area (Å²) in [6.07, 6.45) is 0.925. The van der Waals surface area contributed by atoms with Gasteiger partial charge in [-0.1, -0.05) is 18.2 Å². The summed E-state index contributed by atoms with van der Waals surface area (Å²) in [4.78, 5) is 9.31. The van der Waals surface area contributed by atoms with Crippen molar-refractivity contribution in [3.63, 3.8) is 0 Å². The Kier molecular flexibility index (Phi) is 5.46. The molecular formula is C20H24N4O. The Morgan fingerprint density at radius 3 is 2.64 bits per heavy atom. The zero-order chi connectivity index (χ0) is 17.6. The van der Waals surface area contributed by atoms with Gasteiger partial charge in [-0.15, -0.1) is 0 Å². The highest BCUT2D eigenvalue weighted by molar-refractivity contribution is 5.90. The maximum atomic E-state index is 5.11. The molecule has 130 valence electrons. The van der Waals surface area contributed by atoms with Crippen LogP contribution in [0.25, 0.3) is 10.9 Å². The van der Waals surface area contributed by atoms with Crippen LogP contribution in [0.3, 0.4) is 0 Å². The Labute approximate surface area is 148 Å². The Hall–Kier alpha value is -2.66. The minimum Gasteiger partial charge on any atom is -0.385 e. The molecule has 5 heteroatoms. The molecule has 0 radical (unpaired) electrons. The first-order valence-electron chi connectivity index (χ1n) is 8.51. The average Bonchev–Trinajstić information content (AvgIpc) is 2.62. The molecule has 25 heavy (non-hydrogen) atoms. The summed E-state index contributed by atoms with van der Waals surface area (Å²) in [5.41, 5.74) is 4.41. The van der Waals surface area contributed by atoms with Crippen molar-refractivity contribution in [3.8, 4) is 0 Å². The summed E-state index contributed by atoms with van der Waals surface area (Å²) < 4.78 is 5.11. The fourth-order valence-corrected chi connectivity index (χ4v) is 2.64. The van der Waals surface area contributed by atoms with E-state index in [1.165, 1.54) is 11.1 Å². The van der Waals surface area contributed by atoms with Crippen LogP contribution >= 0.6 is 0 Å². The Morgan fingerprint density at radius 2 is 1.84 bits per heavy atom. The van der Waals surface area contributed by atoms with Crippen LogP contribution in [-0.2, 0) is 4.74 Å². The lowest BCUT2D eigenvalue weighted by atomic mass is 10.1. The van der Waals surface area contributed by atoms with Crippen molar-refractivity contribution in [3.05, 3.63) is 53.6 Å². The molecule has 5 nitrogen and oxygen atoms in total. The number of hydrogen-bond donors (Lipinski definition) is 2. The zero-order valence-corrected chi connectivity index (χ0v) is 15.0. The van der Waals surface area contributed by atoms with E-state index in [1.807, 2.05) is 30.3 Å². The summed E-state index contributed by atoms with van der Waals surface area (Å²) >= 11 is 0. The van der Waals surface area contributed by atoms with Crippen LogP contribution in [0.4, 0.5) is 17.5 Å². The van der Waals surface area contributed by atoms with Gasteiger partial charge in [-0.3, -0.25) is 0 Å². The maximum Gasteiger partial charge on any atom is 0.229 e. The van der Waals surface area contributed by atoms with Gasteiger partial charge in [0.2, 0.25) is 5.95 Å². The fraction of sp³-hybridized carbons (Fsp3) is 0.300. The van der Waals surface area contributed by atoms with E-state index in [1.54, 1.807) is 7.11 Å². The summed E-state index contributed by atoms with van der Waals surface area (Å²) in [5, 5.41) is 7.74. The monoisotopic (exact) mass is 336 g/mol. The minimum atomic E-state index is 0.594. The Bertz CT molecular complexity index is 863. The average molecular weight is 336 g/mol. The smallest absolute Gasteiger partial charge is 0.229 e. The highest BCUT2D eigenvalue weighted by atomic mass is 16.5. The normalized spacial score (nSPS) is 10.8. The van der Waals surface area contributed by atoms with E-state index in [0.717, 1.165) is 42.0 Å². The third-order valence-corrected chi connectivity index (χ3v) is 4.18. The number of ether oxygens (including phenoxy) is 1. The topological polar surface area (TPSA) is 59.1 Å². The number of rotatable bonds is 7. The van der Waals surface area contributed by atoms with Crippen molar-refractivity contribution in [1.29, 1.82) is 0 Å². The van der Waals surface area contributed by atoms with Crippen LogP contribution in [0.1, 0.15) is 17.5 Å². The lowest BCUT2D eigenvalue weighted by molar-refractivity contribution is 0.198. The third-order valence-electron chi connectivity index (χ3n) is 4.18. The minimum absolute atomic E-state index is 0.594. The molecule has 0 atom stereocenters. The quantitative estimate of drug-likeness (QED) is 0.625. The summed E-state index contributed by atoms with van der Waals surface area (Å²) in [6, 6.07) is 14.3. The molecule has 0 aliphatic carbocycles. The molecule has 1 heterocycles. The highest BCUT2D eigenvalue weighted by Crippen LogP contribution is 2.24. The van der Waals surface area contributed by atoms with Crippen LogP contribution in [-0.4, -0.2) is 30.2 Å². The van der Waals surface area contributed by atoms with Gasteiger partial charge in [0.05, 0.1) is 5.52 Å². The molecule has 0 saturated heterocycles. The molecule has 0 unspecified atom stereocenters. The number of nitrogens with one attached hydrogen (secondary N) is 2. The zero-order valence-electron chi connectivity index (χ0n) is 15.0. The van der Waals surface area contributed by atoms with Gasteiger partial charge in [-0.05, 0) is 55.7 Å². The molecule has 0 bridgehead atoms.